The number of carbonyl (C=O) groups is 2. The van der Waals surface area contributed by atoms with Crippen LogP contribution >= 0.6 is 23.2 Å². The smallest absolute Gasteiger partial charge is 0.262 e. The zero-order chi connectivity index (χ0) is 16.1. The monoisotopic (exact) mass is 337 g/mol. The normalized spacial score (nSPS) is 10.1. The summed E-state index contributed by atoms with van der Waals surface area (Å²) in [5.74, 6) is -0.0526. The molecule has 0 atom stereocenters. The number of amides is 1. The number of benzene rings is 2. The molecule has 0 aliphatic rings. The molecule has 1 N–H and O–H groups in total. The molecule has 0 bridgehead atoms. The number of ether oxygens (including phenoxy) is 1. The minimum absolute atomic E-state index is 0.228. The fourth-order valence-corrected chi connectivity index (χ4v) is 2.11. The van der Waals surface area contributed by atoms with E-state index in [-0.39, 0.29) is 12.5 Å². The van der Waals surface area contributed by atoms with Crippen LogP contribution in [0.15, 0.2) is 36.4 Å². The molecule has 4 nitrogen and oxygen atoms in total. The molecule has 0 saturated carbocycles. The van der Waals surface area contributed by atoms with Crippen LogP contribution in [0.2, 0.25) is 10.0 Å². The summed E-state index contributed by atoms with van der Waals surface area (Å²) >= 11 is 11.8. The Morgan fingerprint density at radius 1 is 1.23 bits per heavy atom. The first-order valence-corrected chi connectivity index (χ1v) is 7.18. The van der Waals surface area contributed by atoms with E-state index >= 15 is 0 Å². The van der Waals surface area contributed by atoms with Gasteiger partial charge in [0.25, 0.3) is 5.91 Å². The Kier molecular flexibility index (Phi) is 5.41. The Morgan fingerprint density at radius 3 is 2.68 bits per heavy atom. The standard InChI is InChI=1S/C16H13Cl2NO3/c1-10-2-4-13(7-14(10)18)19-16(21)9-22-15-5-3-12(17)6-11(15)8-20/h2-8H,9H2,1H3,(H,19,21). The molecular formula is C16H13Cl2NO3. The van der Waals surface area contributed by atoms with Gasteiger partial charge in [-0.15, -0.1) is 0 Å². The summed E-state index contributed by atoms with van der Waals surface area (Å²) in [5.41, 5.74) is 1.79. The predicted octanol–water partition coefficient (Wildman–Crippen LogP) is 4.13. The number of aldehydes is 1. The third-order valence-corrected chi connectivity index (χ3v) is 3.56. The zero-order valence-electron chi connectivity index (χ0n) is 11.7. The Bertz CT molecular complexity index is 717. The lowest BCUT2D eigenvalue weighted by Gasteiger charge is -2.10. The minimum atomic E-state index is -0.355. The van der Waals surface area contributed by atoms with Gasteiger partial charge in [-0.25, -0.2) is 0 Å². The van der Waals surface area contributed by atoms with Crippen LogP contribution in [0.25, 0.3) is 0 Å². The SMILES string of the molecule is Cc1ccc(NC(=O)COc2ccc(Cl)cc2C=O)cc1Cl. The maximum atomic E-state index is 11.9. The van der Waals surface area contributed by atoms with Crippen LogP contribution < -0.4 is 10.1 Å². The van der Waals surface area contributed by atoms with Gasteiger partial charge in [-0.3, -0.25) is 9.59 Å². The molecule has 0 unspecified atom stereocenters. The second kappa shape index (κ2) is 7.29. The van der Waals surface area contributed by atoms with E-state index in [9.17, 15) is 9.59 Å². The van der Waals surface area contributed by atoms with Gasteiger partial charge in [0, 0.05) is 15.7 Å². The van der Waals surface area contributed by atoms with E-state index in [1.54, 1.807) is 24.3 Å². The maximum absolute atomic E-state index is 11.9. The second-order valence-corrected chi connectivity index (χ2v) is 5.44. The Balaban J connectivity index is 1.98. The lowest BCUT2D eigenvalue weighted by Crippen LogP contribution is -2.20. The largest absolute Gasteiger partial charge is 0.483 e. The van der Waals surface area contributed by atoms with Crippen LogP contribution in [0, 0.1) is 6.92 Å². The van der Waals surface area contributed by atoms with Crippen molar-refractivity contribution in [3.05, 3.63) is 57.6 Å². The van der Waals surface area contributed by atoms with Crippen LogP contribution in [-0.4, -0.2) is 18.8 Å². The minimum Gasteiger partial charge on any atom is -0.483 e. The van der Waals surface area contributed by atoms with Crippen molar-refractivity contribution < 1.29 is 14.3 Å². The molecule has 114 valence electrons. The molecule has 22 heavy (non-hydrogen) atoms. The van der Waals surface area contributed by atoms with Crippen LogP contribution in [-0.2, 0) is 4.79 Å². The van der Waals surface area contributed by atoms with Crippen molar-refractivity contribution in [2.24, 2.45) is 0 Å². The van der Waals surface area contributed by atoms with Crippen molar-refractivity contribution in [1.29, 1.82) is 0 Å². The van der Waals surface area contributed by atoms with Gasteiger partial charge in [0.1, 0.15) is 5.75 Å². The van der Waals surface area contributed by atoms with Gasteiger partial charge in [0.15, 0.2) is 12.9 Å². The number of rotatable bonds is 5. The van der Waals surface area contributed by atoms with Gasteiger partial charge in [-0.1, -0.05) is 29.3 Å². The number of hydrogen-bond acceptors (Lipinski definition) is 3. The highest BCUT2D eigenvalue weighted by atomic mass is 35.5. The molecule has 6 heteroatoms. The number of carbonyl (C=O) groups excluding carboxylic acids is 2. The van der Waals surface area contributed by atoms with Crippen molar-refractivity contribution in [1.82, 2.24) is 0 Å². The quantitative estimate of drug-likeness (QED) is 0.834. The summed E-state index contributed by atoms with van der Waals surface area (Å²) < 4.78 is 5.34. The third kappa shape index (κ3) is 4.23. The first-order chi connectivity index (χ1) is 10.5. The van der Waals surface area contributed by atoms with Crippen molar-refractivity contribution in [2.45, 2.75) is 6.92 Å². The molecule has 0 saturated heterocycles. The molecule has 2 aromatic rings. The highest BCUT2D eigenvalue weighted by Gasteiger charge is 2.08. The lowest BCUT2D eigenvalue weighted by molar-refractivity contribution is -0.118. The molecule has 0 aliphatic heterocycles. The Labute approximate surface area is 138 Å². The van der Waals surface area contributed by atoms with E-state index in [4.69, 9.17) is 27.9 Å². The number of halogens is 2. The van der Waals surface area contributed by atoms with Crippen molar-refractivity contribution >= 4 is 41.1 Å². The van der Waals surface area contributed by atoms with Gasteiger partial charge >= 0.3 is 0 Å². The second-order valence-electron chi connectivity index (χ2n) is 4.60. The van der Waals surface area contributed by atoms with Gasteiger partial charge in [-0.05, 0) is 42.8 Å². The summed E-state index contributed by atoms with van der Waals surface area (Å²) in [5, 5.41) is 3.66. The third-order valence-electron chi connectivity index (χ3n) is 2.91. The fourth-order valence-electron chi connectivity index (χ4n) is 1.75. The van der Waals surface area contributed by atoms with Gasteiger partial charge in [-0.2, -0.15) is 0 Å². The molecule has 2 rings (SSSR count). The van der Waals surface area contributed by atoms with Crippen molar-refractivity contribution in [3.8, 4) is 5.75 Å². The molecule has 0 aromatic heterocycles. The first kappa shape index (κ1) is 16.3. The lowest BCUT2D eigenvalue weighted by atomic mass is 10.2. The fraction of sp³-hybridized carbons (Fsp3) is 0.125. The Morgan fingerprint density at radius 2 is 2.00 bits per heavy atom. The molecular weight excluding hydrogens is 325 g/mol. The number of hydrogen-bond donors (Lipinski definition) is 1. The van der Waals surface area contributed by atoms with Crippen molar-refractivity contribution in [2.75, 3.05) is 11.9 Å². The van der Waals surface area contributed by atoms with Crippen LogP contribution in [0.3, 0.4) is 0 Å². The first-order valence-electron chi connectivity index (χ1n) is 6.43. The van der Waals surface area contributed by atoms with Gasteiger partial charge in [0.2, 0.25) is 0 Å². The van der Waals surface area contributed by atoms with E-state index < -0.39 is 0 Å². The van der Waals surface area contributed by atoms with E-state index in [2.05, 4.69) is 5.32 Å². The van der Waals surface area contributed by atoms with Crippen molar-refractivity contribution in [3.63, 3.8) is 0 Å². The molecule has 0 heterocycles. The van der Waals surface area contributed by atoms with E-state index in [0.717, 1.165) is 5.56 Å². The van der Waals surface area contributed by atoms with Gasteiger partial charge in [0.05, 0.1) is 5.56 Å². The average Bonchev–Trinajstić information content (AvgIpc) is 2.49. The number of aryl methyl sites for hydroxylation is 1. The van der Waals surface area contributed by atoms with Crippen LogP contribution in [0.1, 0.15) is 15.9 Å². The highest BCUT2D eigenvalue weighted by Crippen LogP contribution is 2.22. The Hall–Kier alpha value is -2.04. The maximum Gasteiger partial charge on any atom is 0.262 e. The summed E-state index contributed by atoms with van der Waals surface area (Å²) in [4.78, 5) is 22.8. The molecule has 1 amide bonds. The molecule has 0 fully saturated rings. The van der Waals surface area contributed by atoms with Crippen LogP contribution in [0.4, 0.5) is 5.69 Å². The van der Waals surface area contributed by atoms with Gasteiger partial charge < -0.3 is 10.1 Å². The molecule has 0 spiro atoms. The topological polar surface area (TPSA) is 55.4 Å². The number of nitrogens with one attached hydrogen (secondary N) is 1. The summed E-state index contributed by atoms with van der Waals surface area (Å²) in [6.45, 7) is 1.65. The summed E-state index contributed by atoms with van der Waals surface area (Å²) in [6.07, 6.45) is 0.624. The molecule has 0 radical (unpaired) electrons. The zero-order valence-corrected chi connectivity index (χ0v) is 13.2. The molecule has 2 aromatic carbocycles. The summed E-state index contributed by atoms with van der Waals surface area (Å²) in [7, 11) is 0. The summed E-state index contributed by atoms with van der Waals surface area (Å²) in [6, 6.07) is 9.82. The molecule has 0 aliphatic carbocycles. The van der Waals surface area contributed by atoms with E-state index in [1.807, 2.05) is 13.0 Å². The van der Waals surface area contributed by atoms with E-state index in [0.29, 0.717) is 33.3 Å². The van der Waals surface area contributed by atoms with E-state index in [1.165, 1.54) is 6.07 Å². The predicted molar refractivity (Wildman–Crippen MR) is 87.2 cm³/mol. The number of anilines is 1. The average molecular weight is 338 g/mol. The van der Waals surface area contributed by atoms with Crippen LogP contribution in [0.5, 0.6) is 5.75 Å². The highest BCUT2D eigenvalue weighted by molar-refractivity contribution is 6.31.